The van der Waals surface area contributed by atoms with Gasteiger partial charge < -0.3 is 30.5 Å². The van der Waals surface area contributed by atoms with E-state index in [1.54, 1.807) is 0 Å². The monoisotopic (exact) mass is 262 g/mol. The van der Waals surface area contributed by atoms with E-state index in [0.717, 1.165) is 0 Å². The second-order valence-corrected chi connectivity index (χ2v) is 3.71. The zero-order chi connectivity index (χ0) is 13.7. The first-order valence-electron chi connectivity index (χ1n) is 5.12. The number of azide groups is 1. The van der Waals surface area contributed by atoms with Crippen molar-refractivity contribution in [3.8, 4) is 0 Å². The molecule has 0 radical (unpaired) electrons. The van der Waals surface area contributed by atoms with Gasteiger partial charge in [-0.15, -0.1) is 0 Å². The van der Waals surface area contributed by atoms with Crippen LogP contribution in [-0.2, 0) is 9.53 Å². The minimum atomic E-state index is -1.59. The van der Waals surface area contributed by atoms with Crippen LogP contribution in [0.3, 0.4) is 0 Å². The minimum absolute atomic E-state index is 0.508. The molecule has 1 aliphatic rings. The lowest BCUT2D eigenvalue weighted by atomic mass is 9.97. The quantitative estimate of drug-likeness (QED) is 0.208. The number of carbonyl (C=O) groups is 1. The maximum atomic E-state index is 11.2. The van der Waals surface area contributed by atoms with Crippen molar-refractivity contribution in [2.45, 2.75) is 30.6 Å². The summed E-state index contributed by atoms with van der Waals surface area (Å²) in [5.74, 6) is -0.742. The summed E-state index contributed by atoms with van der Waals surface area (Å²) < 4.78 is 4.81. The van der Waals surface area contributed by atoms with Gasteiger partial charge >= 0.3 is 0 Å². The van der Waals surface area contributed by atoms with Gasteiger partial charge in [-0.05, 0) is 5.53 Å². The summed E-state index contributed by atoms with van der Waals surface area (Å²) in [5.41, 5.74) is 8.02. The average Bonchev–Trinajstić information content (AvgIpc) is 2.36. The number of aliphatic hydroxyl groups excluding tert-OH is 4. The van der Waals surface area contributed by atoms with Crippen molar-refractivity contribution < 1.29 is 30.0 Å². The van der Waals surface area contributed by atoms with Crippen molar-refractivity contribution >= 4 is 5.91 Å². The second kappa shape index (κ2) is 6.50. The van der Waals surface area contributed by atoms with E-state index >= 15 is 0 Å². The summed E-state index contributed by atoms with van der Waals surface area (Å²) in [6.07, 6.45) is -5.69. The van der Waals surface area contributed by atoms with E-state index < -0.39 is 49.7 Å². The Kier molecular flexibility index (Phi) is 5.28. The first-order chi connectivity index (χ1) is 8.51. The Morgan fingerprint density at radius 3 is 2.61 bits per heavy atom. The molecule has 0 aromatic carbocycles. The molecular formula is C8H14N4O6. The van der Waals surface area contributed by atoms with E-state index in [2.05, 4.69) is 15.3 Å². The highest BCUT2D eigenvalue weighted by Crippen LogP contribution is 2.19. The van der Waals surface area contributed by atoms with E-state index in [4.69, 9.17) is 15.4 Å². The van der Waals surface area contributed by atoms with Gasteiger partial charge in [-0.3, -0.25) is 4.79 Å². The van der Waals surface area contributed by atoms with Crippen LogP contribution < -0.4 is 5.32 Å². The first kappa shape index (κ1) is 14.6. The molecule has 1 rings (SSSR count). The molecule has 0 bridgehead atoms. The molecule has 0 saturated carbocycles. The zero-order valence-corrected chi connectivity index (χ0v) is 9.25. The number of carbonyl (C=O) groups excluding carboxylic acids is 1. The molecule has 0 spiro atoms. The fourth-order valence-corrected chi connectivity index (χ4v) is 1.58. The third kappa shape index (κ3) is 3.29. The number of nitrogens with one attached hydrogen (secondary N) is 1. The topological polar surface area (TPSA) is 168 Å². The third-order valence-corrected chi connectivity index (χ3v) is 2.51. The van der Waals surface area contributed by atoms with Crippen molar-refractivity contribution in [2.75, 3.05) is 13.2 Å². The summed E-state index contributed by atoms with van der Waals surface area (Å²) in [4.78, 5) is 13.6. The van der Waals surface area contributed by atoms with Gasteiger partial charge in [-0.2, -0.15) is 0 Å². The second-order valence-electron chi connectivity index (χ2n) is 3.71. The third-order valence-electron chi connectivity index (χ3n) is 2.51. The Balaban J connectivity index is 2.64. The molecule has 1 heterocycles. The Bertz CT molecular complexity index is 346. The average molecular weight is 262 g/mol. The largest absolute Gasteiger partial charge is 0.394 e. The molecule has 5 atom stereocenters. The SMILES string of the molecule is [N-]=[N+]=NCC(=O)NC1C(O)[C@@H](O)C(CO)O[C@H]1O. The lowest BCUT2D eigenvalue weighted by molar-refractivity contribution is -0.253. The molecule has 0 aliphatic carbocycles. The lowest BCUT2D eigenvalue weighted by Crippen LogP contribution is -2.64. The highest BCUT2D eigenvalue weighted by molar-refractivity contribution is 5.78. The van der Waals surface area contributed by atoms with Crippen molar-refractivity contribution in [3.63, 3.8) is 0 Å². The van der Waals surface area contributed by atoms with Gasteiger partial charge in [0.2, 0.25) is 5.91 Å². The van der Waals surface area contributed by atoms with Crippen molar-refractivity contribution in [3.05, 3.63) is 10.4 Å². The smallest absolute Gasteiger partial charge is 0.226 e. The van der Waals surface area contributed by atoms with Crippen molar-refractivity contribution in [1.82, 2.24) is 5.32 Å². The fraction of sp³-hybridized carbons (Fsp3) is 0.875. The molecule has 1 saturated heterocycles. The summed E-state index contributed by atoms with van der Waals surface area (Å²) in [7, 11) is 0. The van der Waals surface area contributed by atoms with Gasteiger partial charge in [0.1, 0.15) is 30.9 Å². The molecule has 1 amide bonds. The molecule has 18 heavy (non-hydrogen) atoms. The Morgan fingerprint density at radius 2 is 2.06 bits per heavy atom. The number of aliphatic hydroxyl groups is 4. The summed E-state index contributed by atoms with van der Waals surface area (Å²) in [6.45, 7) is -1.10. The number of hydrogen-bond donors (Lipinski definition) is 5. The lowest BCUT2D eigenvalue weighted by Gasteiger charge is -2.40. The van der Waals surface area contributed by atoms with E-state index in [0.29, 0.717) is 0 Å². The molecule has 0 aromatic heterocycles. The summed E-state index contributed by atoms with van der Waals surface area (Å²) in [5, 5.41) is 42.7. The molecule has 10 nitrogen and oxygen atoms in total. The van der Waals surface area contributed by atoms with E-state index in [1.165, 1.54) is 0 Å². The summed E-state index contributed by atoms with van der Waals surface area (Å²) in [6, 6.07) is -1.27. The standard InChI is InChI=1S/C8H14N4O6/c9-12-10-1-4(14)11-5-7(16)6(15)3(2-13)18-8(5)17/h3,5-8,13,15-17H,1-2H2,(H,11,14)/t3?,5?,6-,7?,8+/m0/s1. The van der Waals surface area contributed by atoms with Crippen LogP contribution in [0.15, 0.2) is 5.11 Å². The van der Waals surface area contributed by atoms with E-state index in [9.17, 15) is 20.1 Å². The highest BCUT2D eigenvalue weighted by Gasteiger charge is 2.44. The number of amides is 1. The molecule has 3 unspecified atom stereocenters. The maximum absolute atomic E-state index is 11.2. The fourth-order valence-electron chi connectivity index (χ4n) is 1.58. The van der Waals surface area contributed by atoms with E-state index in [-0.39, 0.29) is 0 Å². The number of rotatable bonds is 4. The molecule has 10 heteroatoms. The highest BCUT2D eigenvalue weighted by atomic mass is 16.6. The Morgan fingerprint density at radius 1 is 1.39 bits per heavy atom. The van der Waals surface area contributed by atoms with Crippen LogP contribution >= 0.6 is 0 Å². The number of hydrogen-bond acceptors (Lipinski definition) is 7. The molecule has 0 aromatic rings. The normalized spacial score (nSPS) is 35.7. The zero-order valence-electron chi connectivity index (χ0n) is 9.25. The predicted molar refractivity (Wildman–Crippen MR) is 55.9 cm³/mol. The van der Waals surface area contributed by atoms with Crippen molar-refractivity contribution in [2.24, 2.45) is 5.11 Å². The van der Waals surface area contributed by atoms with Crippen LogP contribution in [0.5, 0.6) is 0 Å². The molecule has 1 fully saturated rings. The maximum Gasteiger partial charge on any atom is 0.226 e. The minimum Gasteiger partial charge on any atom is -0.394 e. The first-order valence-corrected chi connectivity index (χ1v) is 5.12. The van der Waals surface area contributed by atoms with Gasteiger partial charge in [-0.25, -0.2) is 0 Å². The number of ether oxygens (including phenoxy) is 1. The van der Waals surface area contributed by atoms with Crippen molar-refractivity contribution in [1.29, 1.82) is 0 Å². The number of nitrogens with zero attached hydrogens (tertiary/aromatic N) is 3. The predicted octanol–water partition coefficient (Wildman–Crippen LogP) is -2.79. The molecule has 102 valence electrons. The van der Waals surface area contributed by atoms with Crippen LogP contribution in [0.1, 0.15) is 0 Å². The van der Waals surface area contributed by atoms with Crippen LogP contribution in [0.25, 0.3) is 10.4 Å². The van der Waals surface area contributed by atoms with Crippen LogP contribution in [0.2, 0.25) is 0 Å². The molecule has 5 N–H and O–H groups in total. The Labute approximate surface area is 101 Å². The van der Waals surface area contributed by atoms with Gasteiger partial charge in [0.15, 0.2) is 6.29 Å². The van der Waals surface area contributed by atoms with Gasteiger partial charge in [0.05, 0.1) is 6.61 Å². The van der Waals surface area contributed by atoms with Crippen LogP contribution in [0, 0.1) is 0 Å². The van der Waals surface area contributed by atoms with Gasteiger partial charge in [-0.1, -0.05) is 5.11 Å². The van der Waals surface area contributed by atoms with Gasteiger partial charge in [0, 0.05) is 4.91 Å². The molecular weight excluding hydrogens is 248 g/mol. The summed E-state index contributed by atoms with van der Waals surface area (Å²) >= 11 is 0. The van der Waals surface area contributed by atoms with E-state index in [1.807, 2.05) is 0 Å². The molecule has 1 aliphatic heterocycles. The van der Waals surface area contributed by atoms with Gasteiger partial charge in [0.25, 0.3) is 0 Å². The van der Waals surface area contributed by atoms with Crippen LogP contribution in [0.4, 0.5) is 0 Å². The van der Waals surface area contributed by atoms with Crippen LogP contribution in [-0.4, -0.2) is 70.1 Å². The Hall–Kier alpha value is -1.42.